The average molecular weight is 315 g/mol. The summed E-state index contributed by atoms with van der Waals surface area (Å²) in [5.41, 5.74) is 5.19. The Morgan fingerprint density at radius 1 is 1.41 bits per heavy atom. The highest BCUT2D eigenvalue weighted by Crippen LogP contribution is 2.17. The van der Waals surface area contributed by atoms with Crippen LogP contribution in [0.25, 0.3) is 0 Å². The van der Waals surface area contributed by atoms with E-state index in [1.54, 1.807) is 11.9 Å². The largest absolute Gasteiger partial charge is 0.444 e. The number of hydrogen-bond acceptors (Lipinski definition) is 5. The van der Waals surface area contributed by atoms with E-state index in [2.05, 4.69) is 4.90 Å². The van der Waals surface area contributed by atoms with Gasteiger partial charge in [-0.3, -0.25) is 0 Å². The number of likely N-dealkylation sites (tertiary alicyclic amines) is 1. The van der Waals surface area contributed by atoms with E-state index in [0.717, 1.165) is 32.4 Å². The van der Waals surface area contributed by atoms with E-state index in [9.17, 15) is 9.90 Å². The number of aliphatic hydroxyl groups excluding tert-OH is 1. The van der Waals surface area contributed by atoms with Gasteiger partial charge in [-0.1, -0.05) is 0 Å². The summed E-state index contributed by atoms with van der Waals surface area (Å²) in [6.45, 7) is 9.53. The Kier molecular flexibility index (Phi) is 7.59. The third kappa shape index (κ3) is 6.94. The SMILES string of the molecule is CN(CCCCN1CC[C@@H](CN)C(O)C1)C(=O)OC(C)(C)C. The van der Waals surface area contributed by atoms with Crippen LogP contribution in [0.3, 0.4) is 0 Å². The lowest BCUT2D eigenvalue weighted by Crippen LogP contribution is -2.46. The van der Waals surface area contributed by atoms with Crippen molar-refractivity contribution < 1.29 is 14.6 Å². The monoisotopic (exact) mass is 315 g/mol. The highest BCUT2D eigenvalue weighted by atomic mass is 16.6. The van der Waals surface area contributed by atoms with Gasteiger partial charge in [0.15, 0.2) is 0 Å². The molecule has 1 fully saturated rings. The van der Waals surface area contributed by atoms with Crippen molar-refractivity contribution in [3.05, 3.63) is 0 Å². The first-order valence-electron chi connectivity index (χ1n) is 8.27. The van der Waals surface area contributed by atoms with E-state index in [-0.39, 0.29) is 18.1 Å². The van der Waals surface area contributed by atoms with E-state index in [0.29, 0.717) is 19.6 Å². The van der Waals surface area contributed by atoms with Gasteiger partial charge in [0, 0.05) is 20.1 Å². The van der Waals surface area contributed by atoms with Crippen LogP contribution in [-0.2, 0) is 4.74 Å². The van der Waals surface area contributed by atoms with Crippen molar-refractivity contribution in [2.45, 2.75) is 51.7 Å². The fraction of sp³-hybridized carbons (Fsp3) is 0.938. The zero-order chi connectivity index (χ0) is 16.8. The van der Waals surface area contributed by atoms with Crippen molar-refractivity contribution in [2.24, 2.45) is 11.7 Å². The molecule has 0 aromatic carbocycles. The maximum Gasteiger partial charge on any atom is 0.410 e. The molecule has 1 unspecified atom stereocenters. The van der Waals surface area contributed by atoms with Crippen molar-refractivity contribution in [3.8, 4) is 0 Å². The first-order valence-corrected chi connectivity index (χ1v) is 8.27. The number of piperidine rings is 1. The molecule has 1 aliphatic rings. The van der Waals surface area contributed by atoms with E-state index >= 15 is 0 Å². The fourth-order valence-electron chi connectivity index (χ4n) is 2.64. The summed E-state index contributed by atoms with van der Waals surface area (Å²) in [4.78, 5) is 15.7. The van der Waals surface area contributed by atoms with Crippen molar-refractivity contribution in [1.82, 2.24) is 9.80 Å². The molecule has 22 heavy (non-hydrogen) atoms. The summed E-state index contributed by atoms with van der Waals surface area (Å²) in [6.07, 6.45) is 2.33. The van der Waals surface area contributed by atoms with Crippen LogP contribution < -0.4 is 5.73 Å². The fourth-order valence-corrected chi connectivity index (χ4v) is 2.64. The molecule has 0 bridgehead atoms. The molecule has 0 aliphatic carbocycles. The number of nitrogens with two attached hydrogens (primary N) is 1. The maximum absolute atomic E-state index is 11.8. The van der Waals surface area contributed by atoms with Gasteiger partial charge < -0.3 is 25.4 Å². The van der Waals surface area contributed by atoms with Gasteiger partial charge in [-0.2, -0.15) is 0 Å². The van der Waals surface area contributed by atoms with Gasteiger partial charge in [-0.25, -0.2) is 4.79 Å². The van der Waals surface area contributed by atoms with Gasteiger partial charge in [-0.05, 0) is 65.6 Å². The number of aliphatic hydroxyl groups is 1. The molecule has 1 aliphatic heterocycles. The maximum atomic E-state index is 11.8. The van der Waals surface area contributed by atoms with Gasteiger partial charge in [0.1, 0.15) is 5.60 Å². The van der Waals surface area contributed by atoms with Crippen LogP contribution in [0.4, 0.5) is 4.79 Å². The van der Waals surface area contributed by atoms with Crippen LogP contribution in [0.1, 0.15) is 40.0 Å². The minimum Gasteiger partial charge on any atom is -0.444 e. The molecule has 1 amide bonds. The number of unbranched alkanes of at least 4 members (excludes halogenated alkanes) is 1. The normalized spacial score (nSPS) is 23.4. The number of carbonyl (C=O) groups is 1. The molecule has 3 N–H and O–H groups in total. The summed E-state index contributed by atoms with van der Waals surface area (Å²) in [5.74, 6) is 0.245. The molecule has 2 atom stereocenters. The van der Waals surface area contributed by atoms with Gasteiger partial charge in [0.25, 0.3) is 0 Å². The number of ether oxygens (including phenoxy) is 1. The quantitative estimate of drug-likeness (QED) is 0.722. The summed E-state index contributed by atoms with van der Waals surface area (Å²) in [5, 5.41) is 9.97. The summed E-state index contributed by atoms with van der Waals surface area (Å²) >= 11 is 0. The second kappa shape index (κ2) is 8.70. The van der Waals surface area contributed by atoms with E-state index in [1.165, 1.54) is 0 Å². The number of carbonyl (C=O) groups excluding carboxylic acids is 1. The van der Waals surface area contributed by atoms with E-state index in [4.69, 9.17) is 10.5 Å². The molecule has 1 rings (SSSR count). The average Bonchev–Trinajstić information content (AvgIpc) is 2.41. The standard InChI is InChI=1S/C16H33N3O3/c1-16(2,3)22-15(21)18(4)8-5-6-9-19-10-7-13(11-17)14(20)12-19/h13-14,20H,5-12,17H2,1-4H3/t13-,14?/m0/s1. The second-order valence-corrected chi connectivity index (χ2v) is 7.26. The Balaban J connectivity index is 2.16. The van der Waals surface area contributed by atoms with Crippen molar-refractivity contribution >= 4 is 6.09 Å². The first-order chi connectivity index (χ1) is 10.2. The number of rotatable bonds is 6. The van der Waals surface area contributed by atoms with Crippen LogP contribution in [0.2, 0.25) is 0 Å². The summed E-state index contributed by atoms with van der Waals surface area (Å²) in [6, 6.07) is 0. The Morgan fingerprint density at radius 3 is 2.64 bits per heavy atom. The van der Waals surface area contributed by atoms with E-state index < -0.39 is 5.60 Å². The number of β-amino-alcohol motifs (C(OH)–C–C–N with tert-alkyl or cyclic N) is 1. The number of nitrogens with zero attached hydrogens (tertiary/aromatic N) is 2. The van der Waals surface area contributed by atoms with Gasteiger partial charge >= 0.3 is 6.09 Å². The molecule has 0 aromatic rings. The Labute approximate surface area is 134 Å². The lowest BCUT2D eigenvalue weighted by molar-refractivity contribution is 0.0233. The molecule has 6 nitrogen and oxygen atoms in total. The lowest BCUT2D eigenvalue weighted by Gasteiger charge is -2.35. The zero-order valence-electron chi connectivity index (χ0n) is 14.5. The molecule has 0 spiro atoms. The van der Waals surface area contributed by atoms with Crippen LogP contribution in [0.5, 0.6) is 0 Å². The first kappa shape index (κ1) is 19.2. The highest BCUT2D eigenvalue weighted by Gasteiger charge is 2.26. The molecule has 1 heterocycles. The highest BCUT2D eigenvalue weighted by molar-refractivity contribution is 5.67. The number of amides is 1. The van der Waals surface area contributed by atoms with Gasteiger partial charge in [-0.15, -0.1) is 0 Å². The van der Waals surface area contributed by atoms with Crippen molar-refractivity contribution in [3.63, 3.8) is 0 Å². The molecule has 0 radical (unpaired) electrons. The molecule has 0 aromatic heterocycles. The predicted molar refractivity (Wildman–Crippen MR) is 87.7 cm³/mol. The zero-order valence-corrected chi connectivity index (χ0v) is 14.5. The van der Waals surface area contributed by atoms with Gasteiger partial charge in [0.05, 0.1) is 6.10 Å². The molecule has 6 heteroatoms. The summed E-state index contributed by atoms with van der Waals surface area (Å²) in [7, 11) is 1.77. The number of hydrogen-bond donors (Lipinski definition) is 2. The predicted octanol–water partition coefficient (Wildman–Crippen LogP) is 1.28. The molecule has 0 saturated carbocycles. The lowest BCUT2D eigenvalue weighted by atomic mass is 9.94. The third-order valence-corrected chi connectivity index (χ3v) is 4.03. The topological polar surface area (TPSA) is 79.0 Å². The third-order valence-electron chi connectivity index (χ3n) is 4.03. The Bertz CT molecular complexity index is 344. The minimum absolute atomic E-state index is 0.245. The van der Waals surface area contributed by atoms with Crippen molar-refractivity contribution in [2.75, 3.05) is 39.8 Å². The van der Waals surface area contributed by atoms with Crippen LogP contribution >= 0.6 is 0 Å². The Morgan fingerprint density at radius 2 is 2.09 bits per heavy atom. The molecular weight excluding hydrogens is 282 g/mol. The van der Waals surface area contributed by atoms with E-state index in [1.807, 2.05) is 20.8 Å². The van der Waals surface area contributed by atoms with Crippen LogP contribution in [0.15, 0.2) is 0 Å². The molecule has 130 valence electrons. The Hall–Kier alpha value is -0.850. The summed E-state index contributed by atoms with van der Waals surface area (Å²) < 4.78 is 5.32. The van der Waals surface area contributed by atoms with Crippen LogP contribution in [-0.4, -0.2) is 72.5 Å². The smallest absolute Gasteiger partial charge is 0.410 e. The molecule has 1 saturated heterocycles. The minimum atomic E-state index is -0.450. The second-order valence-electron chi connectivity index (χ2n) is 7.26. The van der Waals surface area contributed by atoms with Crippen LogP contribution in [0, 0.1) is 5.92 Å². The molecular formula is C16H33N3O3. The van der Waals surface area contributed by atoms with Crippen molar-refractivity contribution in [1.29, 1.82) is 0 Å². The van der Waals surface area contributed by atoms with Gasteiger partial charge in [0.2, 0.25) is 0 Å².